The molecule has 1 amide bonds. The van der Waals surface area contributed by atoms with Gasteiger partial charge in [0.1, 0.15) is 11.5 Å². The summed E-state index contributed by atoms with van der Waals surface area (Å²) in [6.07, 6.45) is 1.56. The second kappa shape index (κ2) is 6.98. The smallest absolute Gasteiger partial charge is 0.272 e. The summed E-state index contributed by atoms with van der Waals surface area (Å²) in [4.78, 5) is 21.3. The molecule has 1 N–H and O–H groups in total. The summed E-state index contributed by atoms with van der Waals surface area (Å²) in [5, 5.41) is 0. The van der Waals surface area contributed by atoms with Crippen molar-refractivity contribution in [2.45, 2.75) is 20.4 Å². The minimum absolute atomic E-state index is 0.0714. The molecular formula is C16H21N3O3. The predicted molar refractivity (Wildman–Crippen MR) is 83.3 cm³/mol. The molecule has 0 saturated heterocycles. The molecule has 0 atom stereocenters. The minimum Gasteiger partial charge on any atom is -0.493 e. The van der Waals surface area contributed by atoms with Gasteiger partial charge in [0.2, 0.25) is 0 Å². The van der Waals surface area contributed by atoms with Gasteiger partial charge in [0.25, 0.3) is 5.91 Å². The number of benzene rings is 1. The van der Waals surface area contributed by atoms with Crippen LogP contribution in [0, 0.1) is 6.92 Å². The molecule has 0 bridgehead atoms. The van der Waals surface area contributed by atoms with Crippen molar-refractivity contribution in [1.29, 1.82) is 0 Å². The Bertz CT molecular complexity index is 652. The third kappa shape index (κ3) is 3.39. The van der Waals surface area contributed by atoms with E-state index in [0.29, 0.717) is 30.3 Å². The maximum absolute atomic E-state index is 12.5. The molecule has 0 saturated carbocycles. The van der Waals surface area contributed by atoms with Gasteiger partial charge in [-0.3, -0.25) is 4.79 Å². The third-order valence-corrected chi connectivity index (χ3v) is 3.42. The molecule has 2 aromatic rings. The van der Waals surface area contributed by atoms with Crippen LogP contribution in [0.4, 0.5) is 0 Å². The fraction of sp³-hybridized carbons (Fsp3) is 0.375. The van der Waals surface area contributed by atoms with Crippen LogP contribution in [0.25, 0.3) is 0 Å². The highest BCUT2D eigenvalue weighted by atomic mass is 16.5. The largest absolute Gasteiger partial charge is 0.493 e. The number of carbonyl (C=O) groups excluding carboxylic acids is 1. The number of hydrogen-bond acceptors (Lipinski definition) is 4. The van der Waals surface area contributed by atoms with Gasteiger partial charge in [0.15, 0.2) is 11.5 Å². The van der Waals surface area contributed by atoms with Crippen LogP contribution < -0.4 is 9.47 Å². The summed E-state index contributed by atoms with van der Waals surface area (Å²) in [6.45, 7) is 4.86. The highest BCUT2D eigenvalue weighted by Crippen LogP contribution is 2.28. The summed E-state index contributed by atoms with van der Waals surface area (Å²) >= 11 is 0. The summed E-state index contributed by atoms with van der Waals surface area (Å²) in [5.41, 5.74) is 1.48. The monoisotopic (exact) mass is 303 g/mol. The lowest BCUT2D eigenvalue weighted by Crippen LogP contribution is -2.30. The van der Waals surface area contributed by atoms with Gasteiger partial charge < -0.3 is 19.4 Å². The van der Waals surface area contributed by atoms with E-state index >= 15 is 0 Å². The molecule has 6 heteroatoms. The van der Waals surface area contributed by atoms with Crippen molar-refractivity contribution in [1.82, 2.24) is 14.9 Å². The summed E-state index contributed by atoms with van der Waals surface area (Å²) in [7, 11) is 3.19. The maximum Gasteiger partial charge on any atom is 0.272 e. The van der Waals surface area contributed by atoms with Crippen LogP contribution in [-0.4, -0.2) is 41.5 Å². The normalized spacial score (nSPS) is 10.4. The summed E-state index contributed by atoms with van der Waals surface area (Å²) in [6, 6.07) is 5.65. The molecule has 0 fully saturated rings. The van der Waals surface area contributed by atoms with Crippen molar-refractivity contribution in [2.75, 3.05) is 20.8 Å². The molecule has 1 aromatic carbocycles. The van der Waals surface area contributed by atoms with Crippen molar-refractivity contribution in [3.8, 4) is 11.5 Å². The number of rotatable bonds is 6. The molecule has 0 aliphatic rings. The van der Waals surface area contributed by atoms with E-state index in [1.807, 2.05) is 32.0 Å². The van der Waals surface area contributed by atoms with Crippen molar-refractivity contribution >= 4 is 5.91 Å². The number of H-pyrrole nitrogens is 1. The van der Waals surface area contributed by atoms with E-state index in [4.69, 9.17) is 9.47 Å². The van der Waals surface area contributed by atoms with E-state index in [9.17, 15) is 4.79 Å². The molecule has 118 valence electrons. The molecule has 1 heterocycles. The topological polar surface area (TPSA) is 67.5 Å². The van der Waals surface area contributed by atoms with Gasteiger partial charge in [0, 0.05) is 13.1 Å². The van der Waals surface area contributed by atoms with Gasteiger partial charge in [-0.1, -0.05) is 6.07 Å². The summed E-state index contributed by atoms with van der Waals surface area (Å²) < 4.78 is 10.5. The van der Waals surface area contributed by atoms with Crippen molar-refractivity contribution in [3.05, 3.63) is 41.5 Å². The zero-order valence-electron chi connectivity index (χ0n) is 13.3. The number of methoxy groups -OCH3 is 2. The van der Waals surface area contributed by atoms with Crippen molar-refractivity contribution in [3.63, 3.8) is 0 Å². The van der Waals surface area contributed by atoms with Gasteiger partial charge >= 0.3 is 0 Å². The number of nitrogens with zero attached hydrogens (tertiary/aromatic N) is 2. The number of imidazole rings is 1. The Morgan fingerprint density at radius 1 is 1.27 bits per heavy atom. The van der Waals surface area contributed by atoms with E-state index in [2.05, 4.69) is 9.97 Å². The highest BCUT2D eigenvalue weighted by molar-refractivity contribution is 5.92. The fourth-order valence-corrected chi connectivity index (χ4v) is 2.23. The second-order valence-electron chi connectivity index (χ2n) is 4.89. The molecule has 2 rings (SSSR count). The Morgan fingerprint density at radius 2 is 2.00 bits per heavy atom. The quantitative estimate of drug-likeness (QED) is 0.890. The molecule has 22 heavy (non-hydrogen) atoms. The fourth-order valence-electron chi connectivity index (χ4n) is 2.23. The number of carbonyl (C=O) groups is 1. The van der Waals surface area contributed by atoms with Gasteiger partial charge in [0.05, 0.1) is 20.4 Å². The lowest BCUT2D eigenvalue weighted by molar-refractivity contribution is 0.0747. The van der Waals surface area contributed by atoms with E-state index in [1.165, 1.54) is 0 Å². The van der Waals surface area contributed by atoms with Crippen LogP contribution >= 0.6 is 0 Å². The SMILES string of the molecule is CCN(Cc1ccc(OC)c(OC)c1)C(=O)c1cnc(C)[nH]1. The lowest BCUT2D eigenvalue weighted by Gasteiger charge is -2.21. The van der Waals surface area contributed by atoms with Gasteiger partial charge in [-0.15, -0.1) is 0 Å². The van der Waals surface area contributed by atoms with E-state index in [-0.39, 0.29) is 5.91 Å². The molecule has 1 aromatic heterocycles. The van der Waals surface area contributed by atoms with Crippen molar-refractivity contribution in [2.24, 2.45) is 0 Å². The minimum atomic E-state index is -0.0714. The third-order valence-electron chi connectivity index (χ3n) is 3.42. The first kappa shape index (κ1) is 15.9. The standard InChI is InChI=1S/C16H21N3O3/c1-5-19(16(20)13-9-17-11(2)18-13)10-12-6-7-14(21-3)15(8-12)22-4/h6-9H,5,10H2,1-4H3,(H,17,18). The first-order chi connectivity index (χ1) is 10.6. The van der Waals surface area contributed by atoms with E-state index < -0.39 is 0 Å². The zero-order valence-corrected chi connectivity index (χ0v) is 13.3. The number of aromatic nitrogens is 2. The van der Waals surface area contributed by atoms with Crippen LogP contribution in [0.5, 0.6) is 11.5 Å². The molecule has 0 spiro atoms. The molecule has 0 radical (unpaired) electrons. The Kier molecular flexibility index (Phi) is 5.04. The van der Waals surface area contributed by atoms with Crippen LogP contribution in [-0.2, 0) is 6.54 Å². The average molecular weight is 303 g/mol. The number of ether oxygens (including phenoxy) is 2. The number of aromatic amines is 1. The number of amides is 1. The molecule has 0 unspecified atom stereocenters. The van der Waals surface area contributed by atoms with Gasteiger partial charge in [-0.05, 0) is 31.5 Å². The number of aryl methyl sites for hydroxylation is 1. The number of nitrogens with one attached hydrogen (secondary N) is 1. The molecule has 0 aliphatic carbocycles. The Labute approximate surface area is 130 Å². The van der Waals surface area contributed by atoms with E-state index in [1.54, 1.807) is 25.3 Å². The number of hydrogen-bond donors (Lipinski definition) is 1. The highest BCUT2D eigenvalue weighted by Gasteiger charge is 2.17. The lowest BCUT2D eigenvalue weighted by atomic mass is 10.2. The first-order valence-corrected chi connectivity index (χ1v) is 7.10. The maximum atomic E-state index is 12.5. The van der Waals surface area contributed by atoms with E-state index in [0.717, 1.165) is 11.4 Å². The Morgan fingerprint density at radius 3 is 2.55 bits per heavy atom. The molecule has 6 nitrogen and oxygen atoms in total. The second-order valence-corrected chi connectivity index (χ2v) is 4.89. The average Bonchev–Trinajstić information content (AvgIpc) is 2.98. The Hall–Kier alpha value is -2.50. The molecular weight excluding hydrogens is 282 g/mol. The first-order valence-electron chi connectivity index (χ1n) is 7.10. The van der Waals surface area contributed by atoms with Crippen LogP contribution in [0.3, 0.4) is 0 Å². The van der Waals surface area contributed by atoms with Crippen LogP contribution in [0.1, 0.15) is 28.8 Å². The van der Waals surface area contributed by atoms with Gasteiger partial charge in [-0.25, -0.2) is 4.98 Å². The van der Waals surface area contributed by atoms with Crippen LogP contribution in [0.2, 0.25) is 0 Å². The Balaban J connectivity index is 2.18. The van der Waals surface area contributed by atoms with Gasteiger partial charge in [-0.2, -0.15) is 0 Å². The molecule has 0 aliphatic heterocycles. The zero-order chi connectivity index (χ0) is 16.1. The predicted octanol–water partition coefficient (Wildman–Crippen LogP) is 2.40. The van der Waals surface area contributed by atoms with Crippen molar-refractivity contribution < 1.29 is 14.3 Å². The van der Waals surface area contributed by atoms with Crippen LogP contribution in [0.15, 0.2) is 24.4 Å². The summed E-state index contributed by atoms with van der Waals surface area (Å²) in [5.74, 6) is 1.98.